The van der Waals surface area contributed by atoms with Gasteiger partial charge < -0.3 is 15.8 Å². The maximum absolute atomic E-state index is 12.2. The van der Waals surface area contributed by atoms with Crippen LogP contribution in [0.2, 0.25) is 0 Å². The van der Waals surface area contributed by atoms with Crippen molar-refractivity contribution in [2.45, 2.75) is 32.8 Å². The van der Waals surface area contributed by atoms with E-state index in [1.165, 1.54) is 19.1 Å². The minimum absolute atomic E-state index is 0.340. The zero-order chi connectivity index (χ0) is 19.3. The molecule has 0 aliphatic heterocycles. The third-order valence-corrected chi connectivity index (χ3v) is 3.90. The number of anilines is 1. The lowest BCUT2D eigenvalue weighted by atomic mass is 10.0. The third kappa shape index (κ3) is 4.92. The molecule has 2 rings (SSSR count). The Morgan fingerprint density at radius 3 is 1.92 bits per heavy atom. The number of rotatable bonds is 6. The molecule has 0 aromatic heterocycles. The number of carbonyl (C=O) groups excluding carboxylic acids is 3. The molecule has 0 aliphatic carbocycles. The van der Waals surface area contributed by atoms with E-state index in [1.54, 1.807) is 24.3 Å². The summed E-state index contributed by atoms with van der Waals surface area (Å²) in [5.41, 5.74) is 7.49. The molecular formula is C20H22N2O4. The van der Waals surface area contributed by atoms with Crippen molar-refractivity contribution in [3.8, 4) is 0 Å². The summed E-state index contributed by atoms with van der Waals surface area (Å²) >= 11 is 0. The zero-order valence-electron chi connectivity index (χ0n) is 15.0. The number of hydrogen-bond donors (Lipinski definition) is 2. The van der Waals surface area contributed by atoms with Crippen LogP contribution in [0.5, 0.6) is 0 Å². The highest BCUT2D eigenvalue weighted by Gasteiger charge is 2.19. The lowest BCUT2D eigenvalue weighted by Crippen LogP contribution is -2.30. The van der Waals surface area contributed by atoms with Gasteiger partial charge in [0.25, 0.3) is 5.91 Å². The molecule has 0 unspecified atom stereocenters. The number of hydrogen-bond acceptors (Lipinski definition) is 4. The first-order valence-electron chi connectivity index (χ1n) is 8.29. The number of primary amides is 1. The number of ether oxygens (including phenoxy) is 1. The van der Waals surface area contributed by atoms with Crippen molar-refractivity contribution < 1.29 is 19.1 Å². The first-order chi connectivity index (χ1) is 12.3. The van der Waals surface area contributed by atoms with Gasteiger partial charge in [0.05, 0.1) is 5.56 Å². The molecule has 1 atom stereocenters. The first kappa shape index (κ1) is 19.2. The van der Waals surface area contributed by atoms with Crippen LogP contribution in [0.3, 0.4) is 0 Å². The highest BCUT2D eigenvalue weighted by molar-refractivity contribution is 5.98. The Bertz CT molecular complexity index is 796. The Kier molecular flexibility index (Phi) is 6.11. The largest absolute Gasteiger partial charge is 0.449 e. The molecule has 0 saturated carbocycles. The molecule has 0 radical (unpaired) electrons. The summed E-state index contributed by atoms with van der Waals surface area (Å²) in [7, 11) is 0. The van der Waals surface area contributed by atoms with E-state index < -0.39 is 23.9 Å². The highest BCUT2D eigenvalue weighted by atomic mass is 16.5. The van der Waals surface area contributed by atoms with Crippen LogP contribution < -0.4 is 11.1 Å². The summed E-state index contributed by atoms with van der Waals surface area (Å²) in [5.74, 6) is -1.21. The topological polar surface area (TPSA) is 98.5 Å². The number of esters is 1. The van der Waals surface area contributed by atoms with Crippen molar-refractivity contribution in [1.29, 1.82) is 0 Å². The molecule has 0 bridgehead atoms. The van der Waals surface area contributed by atoms with Gasteiger partial charge in [-0.25, -0.2) is 4.79 Å². The van der Waals surface area contributed by atoms with E-state index in [4.69, 9.17) is 10.5 Å². The Morgan fingerprint density at radius 2 is 1.42 bits per heavy atom. The molecule has 136 valence electrons. The van der Waals surface area contributed by atoms with E-state index in [0.717, 1.165) is 5.56 Å². The number of nitrogens with two attached hydrogens (primary N) is 1. The van der Waals surface area contributed by atoms with Crippen molar-refractivity contribution in [3.05, 3.63) is 65.2 Å². The predicted molar refractivity (Wildman–Crippen MR) is 99.0 cm³/mol. The van der Waals surface area contributed by atoms with Gasteiger partial charge in [0.1, 0.15) is 0 Å². The van der Waals surface area contributed by atoms with Crippen molar-refractivity contribution in [3.63, 3.8) is 0 Å². The van der Waals surface area contributed by atoms with Crippen LogP contribution in [0.4, 0.5) is 5.69 Å². The van der Waals surface area contributed by atoms with Crippen LogP contribution in [-0.2, 0) is 9.53 Å². The summed E-state index contributed by atoms with van der Waals surface area (Å²) in [6.07, 6.45) is -0.969. The molecule has 2 amide bonds. The highest BCUT2D eigenvalue weighted by Crippen LogP contribution is 2.16. The summed E-state index contributed by atoms with van der Waals surface area (Å²) < 4.78 is 5.21. The fraction of sp³-hybridized carbons (Fsp3) is 0.250. The van der Waals surface area contributed by atoms with E-state index in [1.807, 2.05) is 12.1 Å². The maximum atomic E-state index is 12.2. The number of nitrogens with one attached hydrogen (secondary N) is 1. The Hall–Kier alpha value is -3.15. The lowest BCUT2D eigenvalue weighted by molar-refractivity contribution is -0.123. The minimum Gasteiger partial charge on any atom is -0.449 e. The van der Waals surface area contributed by atoms with Crippen LogP contribution in [0.25, 0.3) is 0 Å². The summed E-state index contributed by atoms with van der Waals surface area (Å²) in [6, 6.07) is 13.2. The molecule has 0 spiro atoms. The Morgan fingerprint density at radius 1 is 0.885 bits per heavy atom. The summed E-state index contributed by atoms with van der Waals surface area (Å²) in [5, 5.41) is 2.62. The normalized spacial score (nSPS) is 11.7. The van der Waals surface area contributed by atoms with Gasteiger partial charge in [0.15, 0.2) is 6.10 Å². The van der Waals surface area contributed by atoms with Gasteiger partial charge in [-0.2, -0.15) is 0 Å². The molecule has 0 fully saturated rings. The van der Waals surface area contributed by atoms with Crippen LogP contribution in [0, 0.1) is 0 Å². The van der Waals surface area contributed by atoms with Gasteiger partial charge in [-0.3, -0.25) is 9.59 Å². The van der Waals surface area contributed by atoms with Crippen molar-refractivity contribution in [1.82, 2.24) is 0 Å². The van der Waals surface area contributed by atoms with Gasteiger partial charge in [0.2, 0.25) is 5.91 Å². The Balaban J connectivity index is 1.95. The van der Waals surface area contributed by atoms with Crippen molar-refractivity contribution >= 4 is 23.5 Å². The van der Waals surface area contributed by atoms with Crippen LogP contribution in [0.15, 0.2) is 48.5 Å². The second-order valence-corrected chi connectivity index (χ2v) is 6.26. The Labute approximate surface area is 152 Å². The van der Waals surface area contributed by atoms with Gasteiger partial charge >= 0.3 is 5.97 Å². The van der Waals surface area contributed by atoms with Crippen molar-refractivity contribution in [2.75, 3.05) is 5.32 Å². The lowest BCUT2D eigenvalue weighted by Gasteiger charge is -2.14. The monoisotopic (exact) mass is 354 g/mol. The van der Waals surface area contributed by atoms with Gasteiger partial charge in [-0.05, 0) is 54.8 Å². The van der Waals surface area contributed by atoms with E-state index in [2.05, 4.69) is 19.2 Å². The smallest absolute Gasteiger partial charge is 0.338 e. The number of carbonyl (C=O) groups is 3. The molecule has 0 saturated heterocycles. The quantitative estimate of drug-likeness (QED) is 0.779. The van der Waals surface area contributed by atoms with E-state index in [9.17, 15) is 14.4 Å². The molecule has 3 N–H and O–H groups in total. The standard InChI is InChI=1S/C20H22N2O4/c1-12(2)14-4-6-16(7-5-14)20(25)26-13(3)19(24)22-17-10-8-15(9-11-17)18(21)23/h4-13H,1-3H3,(H2,21,23)(H,22,24)/t13-/m0/s1. The average molecular weight is 354 g/mol. The van der Waals surface area contributed by atoms with Crippen molar-refractivity contribution in [2.24, 2.45) is 5.73 Å². The predicted octanol–water partition coefficient (Wildman–Crippen LogP) is 3.09. The molecule has 26 heavy (non-hydrogen) atoms. The number of benzene rings is 2. The number of amides is 2. The molecule has 0 heterocycles. The second kappa shape index (κ2) is 8.29. The van der Waals surface area contributed by atoms with E-state index >= 15 is 0 Å². The maximum Gasteiger partial charge on any atom is 0.338 e. The third-order valence-electron chi connectivity index (χ3n) is 3.90. The van der Waals surface area contributed by atoms with E-state index in [0.29, 0.717) is 22.7 Å². The van der Waals surface area contributed by atoms with Crippen LogP contribution in [-0.4, -0.2) is 23.9 Å². The zero-order valence-corrected chi connectivity index (χ0v) is 15.0. The molecular weight excluding hydrogens is 332 g/mol. The fourth-order valence-electron chi connectivity index (χ4n) is 2.25. The van der Waals surface area contributed by atoms with Gasteiger partial charge in [-0.15, -0.1) is 0 Å². The van der Waals surface area contributed by atoms with Gasteiger partial charge in [0, 0.05) is 11.3 Å². The molecule has 2 aromatic carbocycles. The molecule has 0 aliphatic rings. The second-order valence-electron chi connectivity index (χ2n) is 6.26. The average Bonchev–Trinajstić information content (AvgIpc) is 2.62. The summed E-state index contributed by atoms with van der Waals surface area (Å²) in [6.45, 7) is 5.62. The fourth-order valence-corrected chi connectivity index (χ4v) is 2.25. The van der Waals surface area contributed by atoms with E-state index in [-0.39, 0.29) is 0 Å². The SMILES string of the molecule is CC(C)c1ccc(C(=O)O[C@@H](C)C(=O)Nc2ccc(C(N)=O)cc2)cc1. The summed E-state index contributed by atoms with van der Waals surface area (Å²) in [4.78, 5) is 35.4. The first-order valence-corrected chi connectivity index (χ1v) is 8.29. The van der Waals surface area contributed by atoms with Crippen LogP contribution in [0.1, 0.15) is 53.0 Å². The molecule has 6 nitrogen and oxygen atoms in total. The molecule has 2 aromatic rings. The minimum atomic E-state index is -0.969. The van der Waals surface area contributed by atoms with Crippen LogP contribution >= 0.6 is 0 Å². The molecule has 6 heteroatoms. The van der Waals surface area contributed by atoms with Gasteiger partial charge in [-0.1, -0.05) is 26.0 Å².